The predicted molar refractivity (Wildman–Crippen MR) is 75.1 cm³/mol. The number of hydrogen-bond donors (Lipinski definition) is 1. The number of benzene rings is 1. The van der Waals surface area contributed by atoms with E-state index in [0.717, 1.165) is 18.9 Å². The van der Waals surface area contributed by atoms with Crippen LogP contribution in [0.4, 0.5) is 8.78 Å². The molecule has 0 unspecified atom stereocenters. The lowest BCUT2D eigenvalue weighted by molar-refractivity contribution is -0.128. The molecule has 1 amide bonds. The Balaban J connectivity index is 2.13. The van der Waals surface area contributed by atoms with Gasteiger partial charge in [0.05, 0.1) is 6.54 Å². The van der Waals surface area contributed by atoms with Crippen molar-refractivity contribution in [2.75, 3.05) is 19.6 Å². The fourth-order valence-electron chi connectivity index (χ4n) is 2.09. The molecule has 0 spiro atoms. The molecule has 1 saturated heterocycles. The fraction of sp³-hybridized carbons (Fsp3) is 0.417. The van der Waals surface area contributed by atoms with Gasteiger partial charge in [0, 0.05) is 23.6 Å². The number of halogens is 3. The van der Waals surface area contributed by atoms with E-state index in [1.165, 1.54) is 0 Å². The van der Waals surface area contributed by atoms with Crippen molar-refractivity contribution in [3.63, 3.8) is 0 Å². The van der Waals surface area contributed by atoms with Crippen molar-refractivity contribution in [1.82, 2.24) is 9.62 Å². The maximum absolute atomic E-state index is 13.6. The molecular formula is C12H13BrF2N2O3S. The molecule has 0 aromatic heterocycles. The normalized spacial score (nSPS) is 15.5. The second kappa shape index (κ2) is 6.37. The standard InChI is InChI=1S/C12H13BrF2N2O3S/c13-9-5-8(14)6-10(15)12(9)21(19,20)16-7-11(18)17-3-1-2-4-17/h5-6,16H,1-4,7H2. The van der Waals surface area contributed by atoms with E-state index in [-0.39, 0.29) is 10.4 Å². The molecule has 5 nitrogen and oxygen atoms in total. The Morgan fingerprint density at radius 3 is 2.48 bits per heavy atom. The first-order chi connectivity index (χ1) is 9.81. The summed E-state index contributed by atoms with van der Waals surface area (Å²) in [6.45, 7) is 0.732. The average Bonchev–Trinajstić information content (AvgIpc) is 2.88. The number of nitrogens with one attached hydrogen (secondary N) is 1. The van der Waals surface area contributed by atoms with E-state index in [1.54, 1.807) is 4.90 Å². The Morgan fingerprint density at radius 2 is 1.90 bits per heavy atom. The zero-order valence-electron chi connectivity index (χ0n) is 10.9. The maximum atomic E-state index is 13.6. The molecule has 0 atom stereocenters. The third-order valence-corrected chi connectivity index (χ3v) is 5.47. The topological polar surface area (TPSA) is 66.5 Å². The molecule has 1 aromatic carbocycles. The number of likely N-dealkylation sites (tertiary alicyclic amines) is 1. The van der Waals surface area contributed by atoms with Crippen molar-refractivity contribution < 1.29 is 22.0 Å². The lowest BCUT2D eigenvalue weighted by Crippen LogP contribution is -2.38. The van der Waals surface area contributed by atoms with E-state index in [4.69, 9.17) is 0 Å². The molecule has 1 aromatic rings. The van der Waals surface area contributed by atoms with Crippen molar-refractivity contribution in [3.05, 3.63) is 28.2 Å². The number of carbonyl (C=O) groups excluding carboxylic acids is 1. The number of hydrogen-bond acceptors (Lipinski definition) is 3. The van der Waals surface area contributed by atoms with Crippen LogP contribution in [0, 0.1) is 11.6 Å². The molecule has 0 aliphatic carbocycles. The molecule has 1 fully saturated rings. The van der Waals surface area contributed by atoms with E-state index in [9.17, 15) is 22.0 Å². The van der Waals surface area contributed by atoms with Gasteiger partial charge in [-0.05, 0) is 34.8 Å². The molecule has 1 aliphatic heterocycles. The summed E-state index contributed by atoms with van der Waals surface area (Å²) in [6, 6.07) is 1.32. The van der Waals surface area contributed by atoms with E-state index in [0.29, 0.717) is 19.2 Å². The molecule has 9 heteroatoms. The molecule has 1 N–H and O–H groups in total. The first-order valence-electron chi connectivity index (χ1n) is 6.23. The highest BCUT2D eigenvalue weighted by atomic mass is 79.9. The number of rotatable bonds is 4. The lowest BCUT2D eigenvalue weighted by Gasteiger charge is -2.16. The van der Waals surface area contributed by atoms with Gasteiger partial charge < -0.3 is 4.90 Å². The van der Waals surface area contributed by atoms with Crippen molar-refractivity contribution in [2.24, 2.45) is 0 Å². The van der Waals surface area contributed by atoms with Crippen LogP contribution in [0.25, 0.3) is 0 Å². The molecule has 1 aliphatic rings. The van der Waals surface area contributed by atoms with Crippen molar-refractivity contribution in [1.29, 1.82) is 0 Å². The van der Waals surface area contributed by atoms with E-state index in [2.05, 4.69) is 15.9 Å². The largest absolute Gasteiger partial charge is 0.342 e. The second-order valence-corrected chi connectivity index (χ2v) is 7.17. The van der Waals surface area contributed by atoms with E-state index >= 15 is 0 Å². The second-order valence-electron chi connectivity index (χ2n) is 4.61. The molecule has 0 radical (unpaired) electrons. The molecule has 1 heterocycles. The SMILES string of the molecule is O=C(CNS(=O)(=O)c1c(F)cc(F)cc1Br)N1CCCC1. The minimum absolute atomic E-state index is 0.235. The molecule has 21 heavy (non-hydrogen) atoms. The van der Waals surface area contributed by atoms with Crippen molar-refractivity contribution in [3.8, 4) is 0 Å². The minimum atomic E-state index is -4.25. The molecular weight excluding hydrogens is 370 g/mol. The monoisotopic (exact) mass is 382 g/mol. The fourth-order valence-corrected chi connectivity index (χ4v) is 4.23. The van der Waals surface area contributed by atoms with Gasteiger partial charge in [0.15, 0.2) is 0 Å². The van der Waals surface area contributed by atoms with Crippen LogP contribution in [-0.4, -0.2) is 38.9 Å². The molecule has 0 bridgehead atoms. The smallest absolute Gasteiger partial charge is 0.245 e. The number of amides is 1. The first-order valence-corrected chi connectivity index (χ1v) is 8.51. The Kier molecular flexibility index (Phi) is 4.95. The van der Waals surface area contributed by atoms with Gasteiger partial charge >= 0.3 is 0 Å². The summed E-state index contributed by atoms with van der Waals surface area (Å²) in [5.41, 5.74) is 0. The Morgan fingerprint density at radius 1 is 1.29 bits per heavy atom. The highest BCUT2D eigenvalue weighted by Crippen LogP contribution is 2.26. The predicted octanol–water partition coefficient (Wildman–Crippen LogP) is 1.63. The maximum Gasteiger partial charge on any atom is 0.245 e. The van der Waals surface area contributed by atoms with Crippen LogP contribution in [0.1, 0.15) is 12.8 Å². The first kappa shape index (κ1) is 16.3. The van der Waals surface area contributed by atoms with Crippen molar-refractivity contribution in [2.45, 2.75) is 17.7 Å². The highest BCUT2D eigenvalue weighted by Gasteiger charge is 2.26. The van der Waals surface area contributed by atoms with Crippen LogP contribution in [0.5, 0.6) is 0 Å². The van der Waals surface area contributed by atoms with Gasteiger partial charge in [0.2, 0.25) is 15.9 Å². The number of carbonyl (C=O) groups is 1. The third-order valence-electron chi connectivity index (χ3n) is 3.10. The van der Waals surface area contributed by atoms with Crippen LogP contribution in [0.15, 0.2) is 21.5 Å². The summed E-state index contributed by atoms with van der Waals surface area (Å²) in [6.07, 6.45) is 1.77. The van der Waals surface area contributed by atoms with Gasteiger partial charge in [-0.2, -0.15) is 0 Å². The van der Waals surface area contributed by atoms with Gasteiger partial charge in [-0.25, -0.2) is 21.9 Å². The highest BCUT2D eigenvalue weighted by molar-refractivity contribution is 9.10. The molecule has 116 valence electrons. The zero-order valence-corrected chi connectivity index (χ0v) is 13.3. The number of sulfonamides is 1. The van der Waals surface area contributed by atoms with Crippen LogP contribution in [0.3, 0.4) is 0 Å². The van der Waals surface area contributed by atoms with E-state index < -0.39 is 33.1 Å². The molecule has 0 saturated carbocycles. The van der Waals surface area contributed by atoms with Gasteiger partial charge in [0.25, 0.3) is 0 Å². The lowest BCUT2D eigenvalue weighted by atomic mass is 10.3. The average molecular weight is 383 g/mol. The Bertz CT molecular complexity index is 637. The summed E-state index contributed by atoms with van der Waals surface area (Å²) < 4.78 is 52.5. The number of nitrogens with zero attached hydrogens (tertiary/aromatic N) is 1. The Hall–Kier alpha value is -1.06. The zero-order chi connectivity index (χ0) is 15.6. The summed E-state index contributed by atoms with van der Waals surface area (Å²) in [5.74, 6) is -2.48. The summed E-state index contributed by atoms with van der Waals surface area (Å²) in [5, 5.41) is 0. The van der Waals surface area contributed by atoms with Gasteiger partial charge in [0.1, 0.15) is 16.5 Å². The van der Waals surface area contributed by atoms with Gasteiger partial charge in [-0.3, -0.25) is 4.79 Å². The Labute approximate surface area is 129 Å². The van der Waals surface area contributed by atoms with E-state index in [1.807, 2.05) is 4.72 Å². The summed E-state index contributed by atoms with van der Waals surface area (Å²) in [4.78, 5) is 12.6. The molecule has 2 rings (SSSR count). The summed E-state index contributed by atoms with van der Waals surface area (Å²) in [7, 11) is -4.25. The quantitative estimate of drug-likeness (QED) is 0.860. The minimum Gasteiger partial charge on any atom is -0.342 e. The van der Waals surface area contributed by atoms with Crippen LogP contribution in [-0.2, 0) is 14.8 Å². The van der Waals surface area contributed by atoms with Gasteiger partial charge in [-0.1, -0.05) is 0 Å². The van der Waals surface area contributed by atoms with Crippen LogP contribution < -0.4 is 4.72 Å². The van der Waals surface area contributed by atoms with Crippen molar-refractivity contribution >= 4 is 31.9 Å². The van der Waals surface area contributed by atoms with Crippen LogP contribution in [0.2, 0.25) is 0 Å². The van der Waals surface area contributed by atoms with Crippen LogP contribution >= 0.6 is 15.9 Å². The third kappa shape index (κ3) is 3.78. The van der Waals surface area contributed by atoms with Gasteiger partial charge in [-0.15, -0.1) is 0 Å². The summed E-state index contributed by atoms with van der Waals surface area (Å²) >= 11 is 2.81.